The molecule has 0 aliphatic rings. The molecule has 0 aliphatic heterocycles. The van der Waals surface area contributed by atoms with Crippen molar-refractivity contribution in [3.8, 4) is 5.75 Å². The third-order valence-electron chi connectivity index (χ3n) is 3.54. The van der Waals surface area contributed by atoms with Crippen LogP contribution >= 0.6 is 0 Å². The van der Waals surface area contributed by atoms with Crippen molar-refractivity contribution in [1.29, 1.82) is 0 Å². The molecule has 1 heterocycles. The molecule has 0 spiro atoms. The van der Waals surface area contributed by atoms with Crippen molar-refractivity contribution in [2.75, 3.05) is 20.5 Å². The van der Waals surface area contributed by atoms with E-state index in [1.165, 1.54) is 44.3 Å². The molecule has 2 rings (SSSR count). The first kappa shape index (κ1) is 18.0. The summed E-state index contributed by atoms with van der Waals surface area (Å²) in [7, 11) is 0.673. The van der Waals surface area contributed by atoms with Crippen molar-refractivity contribution in [2.24, 2.45) is 7.05 Å². The number of aromatic amines is 1. The topological polar surface area (TPSA) is 107 Å². The fourth-order valence-electron chi connectivity index (χ4n) is 2.42. The maximum absolute atomic E-state index is 12.7. The number of aromatic nitrogens is 2. The zero-order valence-corrected chi connectivity index (χ0v) is 14.6. The Bertz CT molecular complexity index is 939. The number of benzene rings is 1. The van der Waals surface area contributed by atoms with Gasteiger partial charge in [-0.2, -0.15) is 0 Å². The Morgan fingerprint density at radius 2 is 1.92 bits per heavy atom. The molecule has 9 heteroatoms. The molecule has 1 aromatic carbocycles. The minimum Gasteiger partial charge on any atom is -0.496 e. The van der Waals surface area contributed by atoms with Crippen molar-refractivity contribution >= 4 is 15.6 Å². The number of carbonyl (C=O) groups excluding carboxylic acids is 1. The number of H-pyrrole nitrogens is 1. The molecule has 130 valence electrons. The number of aryl methyl sites for hydroxylation is 1. The van der Waals surface area contributed by atoms with Crippen LogP contribution < -0.4 is 10.3 Å². The van der Waals surface area contributed by atoms with Crippen molar-refractivity contribution < 1.29 is 22.7 Å². The van der Waals surface area contributed by atoms with E-state index in [-0.39, 0.29) is 33.9 Å². The molecule has 0 saturated heterocycles. The molecule has 0 radical (unpaired) electrons. The number of sulfone groups is 1. The van der Waals surface area contributed by atoms with E-state index in [9.17, 15) is 18.0 Å². The van der Waals surface area contributed by atoms with Gasteiger partial charge >= 0.3 is 0 Å². The lowest BCUT2D eigenvalue weighted by atomic mass is 10.0. The number of hydrogen-bond acceptors (Lipinski definition) is 6. The van der Waals surface area contributed by atoms with Crippen LogP contribution in [0.2, 0.25) is 0 Å². The van der Waals surface area contributed by atoms with E-state index in [0.29, 0.717) is 0 Å². The van der Waals surface area contributed by atoms with Crippen LogP contribution in [0.1, 0.15) is 21.5 Å². The highest BCUT2D eigenvalue weighted by atomic mass is 32.2. The first-order valence-electron chi connectivity index (χ1n) is 6.90. The van der Waals surface area contributed by atoms with Gasteiger partial charge in [0.15, 0.2) is 9.84 Å². The van der Waals surface area contributed by atoms with Gasteiger partial charge in [0, 0.05) is 32.2 Å². The lowest BCUT2D eigenvalue weighted by Crippen LogP contribution is -2.20. The smallest absolute Gasteiger partial charge is 0.277 e. The molecule has 0 bridgehead atoms. The van der Waals surface area contributed by atoms with Crippen molar-refractivity contribution in [3.05, 3.63) is 45.4 Å². The van der Waals surface area contributed by atoms with E-state index in [1.807, 2.05) is 0 Å². The second-order valence-electron chi connectivity index (χ2n) is 5.21. The Morgan fingerprint density at radius 3 is 2.38 bits per heavy atom. The number of methoxy groups -OCH3 is 2. The highest BCUT2D eigenvalue weighted by molar-refractivity contribution is 7.90. The number of nitrogens with zero attached hydrogens (tertiary/aromatic N) is 1. The van der Waals surface area contributed by atoms with Gasteiger partial charge in [-0.1, -0.05) is 0 Å². The van der Waals surface area contributed by atoms with Crippen LogP contribution in [0.4, 0.5) is 0 Å². The average Bonchev–Trinajstić information content (AvgIpc) is 2.85. The molecule has 1 aromatic heterocycles. The van der Waals surface area contributed by atoms with Gasteiger partial charge in [-0.05, 0) is 12.1 Å². The van der Waals surface area contributed by atoms with Crippen molar-refractivity contribution in [1.82, 2.24) is 9.78 Å². The molecule has 0 unspecified atom stereocenters. The monoisotopic (exact) mass is 354 g/mol. The van der Waals surface area contributed by atoms with Gasteiger partial charge in [0.25, 0.3) is 5.56 Å². The molecule has 24 heavy (non-hydrogen) atoms. The Hall–Kier alpha value is -2.39. The average molecular weight is 354 g/mol. The van der Waals surface area contributed by atoms with Gasteiger partial charge in [-0.15, -0.1) is 0 Å². The predicted molar refractivity (Wildman–Crippen MR) is 86.3 cm³/mol. The van der Waals surface area contributed by atoms with Crippen LogP contribution in [0, 0.1) is 0 Å². The van der Waals surface area contributed by atoms with Crippen LogP contribution in [-0.2, 0) is 28.2 Å². The first-order valence-corrected chi connectivity index (χ1v) is 8.79. The van der Waals surface area contributed by atoms with Crippen molar-refractivity contribution in [2.45, 2.75) is 11.5 Å². The van der Waals surface area contributed by atoms with Crippen LogP contribution in [0.15, 0.2) is 28.0 Å². The summed E-state index contributed by atoms with van der Waals surface area (Å²) in [6.07, 6.45) is 2.36. The second kappa shape index (κ2) is 6.62. The number of carbonyl (C=O) groups is 1. The Kier molecular flexibility index (Phi) is 4.95. The Morgan fingerprint density at radius 1 is 1.25 bits per heavy atom. The summed E-state index contributed by atoms with van der Waals surface area (Å²) in [5.41, 5.74) is -0.219. The zero-order valence-electron chi connectivity index (χ0n) is 13.7. The van der Waals surface area contributed by atoms with E-state index >= 15 is 0 Å². The molecule has 2 aromatic rings. The highest BCUT2D eigenvalue weighted by Gasteiger charge is 2.25. The molecule has 0 aliphatic carbocycles. The van der Waals surface area contributed by atoms with E-state index in [1.54, 1.807) is 0 Å². The van der Waals surface area contributed by atoms with Gasteiger partial charge in [0.1, 0.15) is 11.3 Å². The number of ketones is 1. The third-order valence-corrected chi connectivity index (χ3v) is 4.72. The summed E-state index contributed by atoms with van der Waals surface area (Å²) in [4.78, 5) is 24.7. The maximum atomic E-state index is 12.7. The molecule has 8 nitrogen and oxygen atoms in total. The molecule has 0 fully saturated rings. The van der Waals surface area contributed by atoms with E-state index in [4.69, 9.17) is 9.47 Å². The van der Waals surface area contributed by atoms with E-state index in [2.05, 4.69) is 5.10 Å². The maximum Gasteiger partial charge on any atom is 0.277 e. The summed E-state index contributed by atoms with van der Waals surface area (Å²) in [5, 5.41) is 2.62. The number of hydrogen-bond donors (Lipinski definition) is 1. The molecule has 0 atom stereocenters. The summed E-state index contributed by atoms with van der Waals surface area (Å²) in [6.45, 7) is -0.0577. The lowest BCUT2D eigenvalue weighted by Gasteiger charge is -2.15. The summed E-state index contributed by atoms with van der Waals surface area (Å²) in [5.74, 6) is -0.487. The molecule has 1 N–H and O–H groups in total. The molecular weight excluding hydrogens is 336 g/mol. The summed E-state index contributed by atoms with van der Waals surface area (Å²) in [6, 6.07) is 2.65. The second-order valence-corrected chi connectivity index (χ2v) is 7.19. The zero-order chi connectivity index (χ0) is 18.1. The first-order chi connectivity index (χ1) is 11.2. The van der Waals surface area contributed by atoms with Gasteiger partial charge in [0.2, 0.25) is 5.78 Å². The standard InChI is InChI=1S/C15H18N2O6S/c1-17-15(19)10(7-16-17)13(18)9-5-6-12(24(4,20)21)11(8-22-2)14(9)23-3/h5-7,16H,8H2,1-4H3. The van der Waals surface area contributed by atoms with Crippen LogP contribution in [0.3, 0.4) is 0 Å². The third kappa shape index (κ3) is 3.13. The summed E-state index contributed by atoms with van der Waals surface area (Å²) < 4.78 is 35.4. The Balaban J connectivity index is 2.72. The van der Waals surface area contributed by atoms with Gasteiger partial charge < -0.3 is 14.6 Å². The highest BCUT2D eigenvalue weighted by Crippen LogP contribution is 2.32. The number of nitrogens with one attached hydrogen (secondary N) is 1. The van der Waals surface area contributed by atoms with Crippen molar-refractivity contribution in [3.63, 3.8) is 0 Å². The molecular formula is C15H18N2O6S. The summed E-state index contributed by atoms with van der Waals surface area (Å²) >= 11 is 0. The van der Waals surface area contributed by atoms with Gasteiger partial charge in [-0.25, -0.2) is 8.42 Å². The lowest BCUT2D eigenvalue weighted by molar-refractivity contribution is 0.103. The SMILES string of the molecule is COCc1c(S(C)(=O)=O)ccc(C(=O)c2c[nH]n(C)c2=O)c1OC. The van der Waals surface area contributed by atoms with Gasteiger partial charge in [-0.3, -0.25) is 14.3 Å². The largest absolute Gasteiger partial charge is 0.496 e. The number of rotatable bonds is 6. The Labute approximate surface area is 138 Å². The molecule has 0 saturated carbocycles. The normalized spacial score (nSPS) is 11.5. The van der Waals surface area contributed by atoms with Crippen LogP contribution in [0.5, 0.6) is 5.75 Å². The van der Waals surface area contributed by atoms with Crippen LogP contribution in [0.25, 0.3) is 0 Å². The van der Waals surface area contributed by atoms with E-state index < -0.39 is 21.2 Å². The van der Waals surface area contributed by atoms with E-state index in [0.717, 1.165) is 6.26 Å². The van der Waals surface area contributed by atoms with Crippen LogP contribution in [-0.4, -0.2) is 44.5 Å². The van der Waals surface area contributed by atoms with Gasteiger partial charge in [0.05, 0.1) is 24.2 Å². The number of ether oxygens (including phenoxy) is 2. The minimum atomic E-state index is -3.54. The fourth-order valence-corrected chi connectivity index (χ4v) is 3.33. The minimum absolute atomic E-state index is 0.0136. The fraction of sp³-hybridized carbons (Fsp3) is 0.333. The quantitative estimate of drug-likeness (QED) is 0.757. The molecule has 0 amide bonds. The predicted octanol–water partition coefficient (Wildman–Crippen LogP) is 0.503.